The van der Waals surface area contributed by atoms with Gasteiger partial charge in [-0.1, -0.05) is 6.07 Å². The Morgan fingerprint density at radius 2 is 2.14 bits per heavy atom. The number of benzene rings is 1. The van der Waals surface area contributed by atoms with Crippen molar-refractivity contribution < 1.29 is 22.7 Å². The molecule has 1 aromatic carbocycles. The summed E-state index contributed by atoms with van der Waals surface area (Å²) in [5.74, 6) is -0.585. The summed E-state index contributed by atoms with van der Waals surface area (Å²) in [7, 11) is 3.26. The quantitative estimate of drug-likeness (QED) is 0.925. The Morgan fingerprint density at radius 1 is 1.43 bits per heavy atom. The third-order valence-electron chi connectivity index (χ3n) is 3.38. The van der Waals surface area contributed by atoms with Gasteiger partial charge in [0.15, 0.2) is 6.10 Å². The first-order chi connectivity index (χ1) is 9.82. The molecule has 0 aliphatic carbocycles. The molecule has 116 valence electrons. The van der Waals surface area contributed by atoms with Gasteiger partial charge in [-0.3, -0.25) is 4.79 Å². The molecule has 0 saturated carbocycles. The maximum atomic E-state index is 13.1. The van der Waals surface area contributed by atoms with Gasteiger partial charge >= 0.3 is 6.18 Å². The highest BCUT2D eigenvalue weighted by molar-refractivity contribution is 5.83. The van der Waals surface area contributed by atoms with Crippen molar-refractivity contribution in [1.82, 2.24) is 10.2 Å². The monoisotopic (exact) mass is 302 g/mol. The SMILES string of the molecule is CNCc1ccc(OC2CCN(C)C2=O)c(C(F)(F)F)c1. The molecule has 1 heterocycles. The molecule has 21 heavy (non-hydrogen) atoms. The Labute approximate surface area is 120 Å². The molecule has 1 aromatic rings. The standard InChI is InChI=1S/C14H17F3N2O2/c1-18-8-9-3-4-11(10(7-9)14(15,16)17)21-12-5-6-19(2)13(12)20/h3-4,7,12,18H,5-6,8H2,1-2H3. The fraction of sp³-hybridized carbons (Fsp3) is 0.500. The molecule has 1 fully saturated rings. The van der Waals surface area contributed by atoms with Crippen LogP contribution in [-0.2, 0) is 17.5 Å². The zero-order valence-corrected chi connectivity index (χ0v) is 11.8. The second-order valence-electron chi connectivity index (χ2n) is 5.01. The molecule has 1 unspecified atom stereocenters. The summed E-state index contributed by atoms with van der Waals surface area (Å²) in [6.07, 6.45) is -4.97. The number of ether oxygens (including phenoxy) is 1. The molecule has 0 spiro atoms. The molecule has 1 aliphatic heterocycles. The highest BCUT2D eigenvalue weighted by atomic mass is 19.4. The van der Waals surface area contributed by atoms with Crippen LogP contribution in [0.3, 0.4) is 0 Å². The predicted octanol–water partition coefficient (Wildman–Crippen LogP) is 2.03. The Kier molecular flexibility index (Phi) is 4.41. The Bertz CT molecular complexity index is 531. The molecule has 0 radical (unpaired) electrons. The van der Waals surface area contributed by atoms with E-state index in [1.54, 1.807) is 20.2 Å². The van der Waals surface area contributed by atoms with Crippen molar-refractivity contribution in [1.29, 1.82) is 0 Å². The first-order valence-electron chi connectivity index (χ1n) is 6.59. The molecular formula is C14H17F3N2O2. The summed E-state index contributed by atoms with van der Waals surface area (Å²) in [6, 6.07) is 3.89. The molecule has 1 atom stereocenters. The molecule has 1 saturated heterocycles. The normalized spacial score (nSPS) is 19.2. The van der Waals surface area contributed by atoms with E-state index in [1.807, 2.05) is 0 Å². The Balaban J connectivity index is 2.28. The van der Waals surface area contributed by atoms with Gasteiger partial charge < -0.3 is 15.0 Å². The number of carbonyl (C=O) groups is 1. The van der Waals surface area contributed by atoms with Gasteiger partial charge in [-0.2, -0.15) is 13.2 Å². The highest BCUT2D eigenvalue weighted by Gasteiger charge is 2.37. The van der Waals surface area contributed by atoms with Crippen molar-refractivity contribution >= 4 is 5.91 Å². The first-order valence-corrected chi connectivity index (χ1v) is 6.59. The summed E-state index contributed by atoms with van der Waals surface area (Å²) in [5, 5.41) is 2.80. The zero-order chi connectivity index (χ0) is 15.6. The van der Waals surface area contributed by atoms with Crippen molar-refractivity contribution in [3.05, 3.63) is 29.3 Å². The van der Waals surface area contributed by atoms with Gasteiger partial charge in [0.25, 0.3) is 5.91 Å². The predicted molar refractivity (Wildman–Crippen MR) is 70.9 cm³/mol. The van der Waals surface area contributed by atoms with Crippen LogP contribution in [0.15, 0.2) is 18.2 Å². The molecule has 2 rings (SSSR count). The minimum atomic E-state index is -4.52. The summed E-state index contributed by atoms with van der Waals surface area (Å²) in [5.41, 5.74) is -0.343. The zero-order valence-electron chi connectivity index (χ0n) is 11.8. The number of carbonyl (C=O) groups excluding carboxylic acids is 1. The van der Waals surface area contributed by atoms with Gasteiger partial charge in [-0.05, 0) is 24.7 Å². The lowest BCUT2D eigenvalue weighted by Gasteiger charge is -2.18. The van der Waals surface area contributed by atoms with Gasteiger partial charge in [-0.25, -0.2) is 0 Å². The van der Waals surface area contributed by atoms with Crippen LogP contribution in [0.4, 0.5) is 13.2 Å². The molecule has 0 bridgehead atoms. The summed E-state index contributed by atoms with van der Waals surface area (Å²) >= 11 is 0. The number of halogens is 3. The second-order valence-corrected chi connectivity index (χ2v) is 5.01. The molecule has 1 N–H and O–H groups in total. The van der Waals surface area contributed by atoms with Crippen molar-refractivity contribution in [3.63, 3.8) is 0 Å². The topological polar surface area (TPSA) is 41.6 Å². The van der Waals surface area contributed by atoms with Crippen LogP contribution in [-0.4, -0.2) is 37.6 Å². The highest BCUT2D eigenvalue weighted by Crippen LogP contribution is 2.37. The van der Waals surface area contributed by atoms with Gasteiger partial charge in [-0.15, -0.1) is 0 Å². The fourth-order valence-corrected chi connectivity index (χ4v) is 2.27. The van der Waals surface area contributed by atoms with Crippen LogP contribution < -0.4 is 10.1 Å². The number of hydrogen-bond donors (Lipinski definition) is 1. The van der Waals surface area contributed by atoms with Crippen LogP contribution in [0.2, 0.25) is 0 Å². The number of likely N-dealkylation sites (tertiary alicyclic amines) is 1. The lowest BCUT2D eigenvalue weighted by Crippen LogP contribution is -2.30. The largest absolute Gasteiger partial charge is 0.480 e. The molecule has 0 aromatic heterocycles. The van der Waals surface area contributed by atoms with Crippen molar-refractivity contribution in [3.8, 4) is 5.75 Å². The van der Waals surface area contributed by atoms with Crippen LogP contribution in [0.1, 0.15) is 17.5 Å². The number of alkyl halides is 3. The van der Waals surface area contributed by atoms with Gasteiger partial charge in [0.1, 0.15) is 5.75 Å². The van der Waals surface area contributed by atoms with E-state index in [0.717, 1.165) is 6.07 Å². The van der Waals surface area contributed by atoms with Crippen molar-refractivity contribution in [2.75, 3.05) is 20.6 Å². The molecular weight excluding hydrogens is 285 g/mol. The summed E-state index contributed by atoms with van der Waals surface area (Å²) in [4.78, 5) is 13.2. The number of nitrogens with zero attached hydrogens (tertiary/aromatic N) is 1. The van der Waals surface area contributed by atoms with Crippen molar-refractivity contribution in [2.24, 2.45) is 0 Å². The van der Waals surface area contributed by atoms with Crippen LogP contribution in [0, 0.1) is 0 Å². The lowest BCUT2D eigenvalue weighted by atomic mass is 10.1. The number of rotatable bonds is 4. The lowest BCUT2D eigenvalue weighted by molar-refractivity contribution is -0.141. The number of amides is 1. The molecule has 1 amide bonds. The van der Waals surface area contributed by atoms with E-state index in [2.05, 4.69) is 5.32 Å². The van der Waals surface area contributed by atoms with Crippen LogP contribution in [0.25, 0.3) is 0 Å². The number of likely N-dealkylation sites (N-methyl/N-ethyl adjacent to an activating group) is 1. The smallest absolute Gasteiger partial charge is 0.419 e. The fourth-order valence-electron chi connectivity index (χ4n) is 2.27. The van der Waals surface area contributed by atoms with E-state index < -0.39 is 17.8 Å². The summed E-state index contributed by atoms with van der Waals surface area (Å²) < 4.78 is 44.7. The minimum absolute atomic E-state index is 0.289. The third-order valence-corrected chi connectivity index (χ3v) is 3.38. The average molecular weight is 302 g/mol. The Morgan fingerprint density at radius 3 is 2.67 bits per heavy atom. The van der Waals surface area contributed by atoms with Gasteiger partial charge in [0, 0.05) is 26.6 Å². The van der Waals surface area contributed by atoms with E-state index >= 15 is 0 Å². The van der Waals surface area contributed by atoms with Gasteiger partial charge in [0.2, 0.25) is 0 Å². The summed E-state index contributed by atoms with van der Waals surface area (Å²) in [6.45, 7) is 0.817. The molecule has 7 heteroatoms. The maximum Gasteiger partial charge on any atom is 0.419 e. The minimum Gasteiger partial charge on any atom is -0.480 e. The van der Waals surface area contributed by atoms with Gasteiger partial charge in [0.05, 0.1) is 5.56 Å². The van der Waals surface area contributed by atoms with E-state index in [0.29, 0.717) is 25.1 Å². The van der Waals surface area contributed by atoms with Crippen LogP contribution >= 0.6 is 0 Å². The van der Waals surface area contributed by atoms with Crippen molar-refractivity contribution in [2.45, 2.75) is 25.2 Å². The number of hydrogen-bond acceptors (Lipinski definition) is 3. The third kappa shape index (κ3) is 3.47. The van der Waals surface area contributed by atoms with E-state index in [4.69, 9.17) is 4.74 Å². The Hall–Kier alpha value is -1.76. The number of nitrogens with one attached hydrogen (secondary N) is 1. The average Bonchev–Trinajstić information content (AvgIpc) is 2.71. The van der Waals surface area contributed by atoms with Crippen LogP contribution in [0.5, 0.6) is 5.75 Å². The first kappa shape index (κ1) is 15.6. The molecule has 4 nitrogen and oxygen atoms in total. The molecule has 1 aliphatic rings. The van der Waals surface area contributed by atoms with E-state index in [-0.39, 0.29) is 11.7 Å². The second kappa shape index (κ2) is 5.93. The van der Waals surface area contributed by atoms with E-state index in [1.165, 1.54) is 11.0 Å². The van der Waals surface area contributed by atoms with E-state index in [9.17, 15) is 18.0 Å². The maximum absolute atomic E-state index is 13.1.